The molecule has 118 valence electrons. The van der Waals surface area contributed by atoms with Crippen molar-refractivity contribution in [1.82, 2.24) is 9.80 Å². The predicted molar refractivity (Wildman–Crippen MR) is 87.5 cm³/mol. The molecule has 2 N–H and O–H groups in total. The number of hydrogen-bond acceptors (Lipinski definition) is 4. The zero-order valence-corrected chi connectivity index (χ0v) is 13.9. The fourth-order valence-electron chi connectivity index (χ4n) is 2.90. The van der Waals surface area contributed by atoms with E-state index in [1.54, 1.807) is 7.11 Å². The lowest BCUT2D eigenvalue weighted by atomic mass is 10.0. The van der Waals surface area contributed by atoms with E-state index in [0.29, 0.717) is 6.54 Å². The molecule has 1 saturated heterocycles. The maximum atomic E-state index is 5.75. The van der Waals surface area contributed by atoms with Gasteiger partial charge in [-0.1, -0.05) is 6.07 Å². The number of methoxy groups -OCH3 is 1. The van der Waals surface area contributed by atoms with E-state index in [1.165, 1.54) is 11.1 Å². The van der Waals surface area contributed by atoms with Crippen LogP contribution in [-0.2, 0) is 13.1 Å². The lowest BCUT2D eigenvalue weighted by Crippen LogP contribution is -2.53. The first-order chi connectivity index (χ1) is 9.94. The van der Waals surface area contributed by atoms with Gasteiger partial charge in [-0.15, -0.1) is 0 Å². The Morgan fingerprint density at radius 2 is 1.81 bits per heavy atom. The van der Waals surface area contributed by atoms with E-state index in [0.717, 1.165) is 38.5 Å². The molecule has 1 fully saturated rings. The number of rotatable bonds is 4. The lowest BCUT2D eigenvalue weighted by Gasteiger charge is -2.42. The number of benzene rings is 1. The summed E-state index contributed by atoms with van der Waals surface area (Å²) in [5.41, 5.74) is 8.42. The maximum absolute atomic E-state index is 5.75. The second kappa shape index (κ2) is 6.77. The number of hydrogen-bond donors (Lipinski definition) is 1. The first-order valence-corrected chi connectivity index (χ1v) is 7.77. The molecule has 0 radical (unpaired) electrons. The number of piperazine rings is 1. The van der Waals surface area contributed by atoms with Gasteiger partial charge in [-0.05, 0) is 38.5 Å². The van der Waals surface area contributed by atoms with Crippen molar-refractivity contribution in [2.24, 2.45) is 5.73 Å². The van der Waals surface area contributed by atoms with Gasteiger partial charge < -0.3 is 10.5 Å². The van der Waals surface area contributed by atoms with Crippen molar-refractivity contribution in [3.05, 3.63) is 29.3 Å². The molecule has 1 aliphatic heterocycles. The maximum Gasteiger partial charge on any atom is 0.123 e. The number of nitrogens with zero attached hydrogens (tertiary/aromatic N) is 2. The van der Waals surface area contributed by atoms with Gasteiger partial charge in [0, 0.05) is 50.4 Å². The van der Waals surface area contributed by atoms with E-state index in [-0.39, 0.29) is 5.54 Å². The fourth-order valence-corrected chi connectivity index (χ4v) is 2.90. The summed E-state index contributed by atoms with van der Waals surface area (Å²) in [5.74, 6) is 0.963. The molecule has 2 rings (SSSR count). The molecule has 0 amide bonds. The van der Waals surface area contributed by atoms with Gasteiger partial charge in [0.1, 0.15) is 5.75 Å². The highest BCUT2D eigenvalue weighted by atomic mass is 16.5. The van der Waals surface area contributed by atoms with Gasteiger partial charge in [0.05, 0.1) is 7.11 Å². The second-order valence-corrected chi connectivity index (χ2v) is 6.78. The fraction of sp³-hybridized carbons (Fsp3) is 0.647. The first kappa shape index (κ1) is 16.3. The van der Waals surface area contributed by atoms with Crippen LogP contribution in [-0.4, -0.2) is 48.6 Å². The molecule has 0 aliphatic carbocycles. The molecule has 1 aromatic carbocycles. The SMILES string of the molecule is COc1ccc(CN)cc1CN1CCN(C(C)(C)C)CC1. The predicted octanol–water partition coefficient (Wildman–Crippen LogP) is 2.07. The van der Waals surface area contributed by atoms with E-state index in [2.05, 4.69) is 36.6 Å². The second-order valence-electron chi connectivity index (χ2n) is 6.78. The largest absolute Gasteiger partial charge is 0.496 e. The quantitative estimate of drug-likeness (QED) is 0.922. The van der Waals surface area contributed by atoms with Crippen LogP contribution >= 0.6 is 0 Å². The smallest absolute Gasteiger partial charge is 0.123 e. The van der Waals surface area contributed by atoms with Gasteiger partial charge in [-0.3, -0.25) is 9.80 Å². The summed E-state index contributed by atoms with van der Waals surface area (Å²) in [6.07, 6.45) is 0. The van der Waals surface area contributed by atoms with Crippen LogP contribution in [0.3, 0.4) is 0 Å². The number of nitrogens with two attached hydrogens (primary N) is 1. The summed E-state index contributed by atoms with van der Waals surface area (Å²) in [6, 6.07) is 6.25. The molecule has 0 aromatic heterocycles. The van der Waals surface area contributed by atoms with Gasteiger partial charge in [-0.25, -0.2) is 0 Å². The molecule has 0 saturated carbocycles. The molecule has 0 bridgehead atoms. The molecule has 1 heterocycles. The van der Waals surface area contributed by atoms with Gasteiger partial charge in [0.15, 0.2) is 0 Å². The summed E-state index contributed by atoms with van der Waals surface area (Å²) in [7, 11) is 1.73. The highest BCUT2D eigenvalue weighted by Gasteiger charge is 2.26. The Bertz CT molecular complexity index is 460. The summed E-state index contributed by atoms with van der Waals surface area (Å²) < 4.78 is 5.48. The highest BCUT2D eigenvalue weighted by Crippen LogP contribution is 2.23. The molecule has 4 nitrogen and oxygen atoms in total. The first-order valence-electron chi connectivity index (χ1n) is 7.77. The van der Waals surface area contributed by atoms with Crippen LogP contribution in [0, 0.1) is 0 Å². The zero-order valence-electron chi connectivity index (χ0n) is 13.9. The lowest BCUT2D eigenvalue weighted by molar-refractivity contribution is 0.0588. The van der Waals surface area contributed by atoms with Crippen LogP contribution in [0.5, 0.6) is 5.75 Å². The Labute approximate surface area is 128 Å². The summed E-state index contributed by atoms with van der Waals surface area (Å²) >= 11 is 0. The third kappa shape index (κ3) is 4.19. The van der Waals surface area contributed by atoms with Gasteiger partial charge >= 0.3 is 0 Å². The molecule has 4 heteroatoms. The Morgan fingerprint density at radius 3 is 2.33 bits per heavy atom. The molecular weight excluding hydrogens is 262 g/mol. The topological polar surface area (TPSA) is 41.7 Å². The van der Waals surface area contributed by atoms with Crippen molar-refractivity contribution in [1.29, 1.82) is 0 Å². The summed E-state index contributed by atoms with van der Waals surface area (Å²) in [4.78, 5) is 5.05. The van der Waals surface area contributed by atoms with Crippen molar-refractivity contribution >= 4 is 0 Å². The third-order valence-corrected chi connectivity index (χ3v) is 4.30. The molecule has 0 atom stereocenters. The van der Waals surface area contributed by atoms with E-state index < -0.39 is 0 Å². The van der Waals surface area contributed by atoms with Crippen LogP contribution < -0.4 is 10.5 Å². The molecule has 1 aromatic rings. The van der Waals surface area contributed by atoms with E-state index in [1.807, 2.05) is 12.1 Å². The Balaban J connectivity index is 2.00. The van der Waals surface area contributed by atoms with Crippen molar-refractivity contribution in [2.75, 3.05) is 33.3 Å². The van der Waals surface area contributed by atoms with E-state index in [9.17, 15) is 0 Å². The highest BCUT2D eigenvalue weighted by molar-refractivity contribution is 5.37. The van der Waals surface area contributed by atoms with Gasteiger partial charge in [-0.2, -0.15) is 0 Å². The minimum atomic E-state index is 0.267. The minimum Gasteiger partial charge on any atom is -0.496 e. The van der Waals surface area contributed by atoms with Crippen molar-refractivity contribution in [2.45, 2.75) is 39.4 Å². The van der Waals surface area contributed by atoms with Crippen LogP contribution in [0.4, 0.5) is 0 Å². The van der Waals surface area contributed by atoms with Crippen molar-refractivity contribution in [3.63, 3.8) is 0 Å². The van der Waals surface area contributed by atoms with Crippen LogP contribution in [0.15, 0.2) is 18.2 Å². The molecule has 21 heavy (non-hydrogen) atoms. The zero-order chi connectivity index (χ0) is 15.5. The molecule has 0 spiro atoms. The van der Waals surface area contributed by atoms with Crippen LogP contribution in [0.2, 0.25) is 0 Å². The number of ether oxygens (including phenoxy) is 1. The molecule has 0 unspecified atom stereocenters. The monoisotopic (exact) mass is 291 g/mol. The minimum absolute atomic E-state index is 0.267. The summed E-state index contributed by atoms with van der Waals surface area (Å²) in [5, 5.41) is 0. The third-order valence-electron chi connectivity index (χ3n) is 4.30. The van der Waals surface area contributed by atoms with Crippen LogP contribution in [0.1, 0.15) is 31.9 Å². The Hall–Kier alpha value is -1.10. The Kier molecular flexibility index (Phi) is 5.25. The Morgan fingerprint density at radius 1 is 1.14 bits per heavy atom. The average molecular weight is 291 g/mol. The van der Waals surface area contributed by atoms with E-state index in [4.69, 9.17) is 10.5 Å². The van der Waals surface area contributed by atoms with E-state index >= 15 is 0 Å². The average Bonchev–Trinajstić information content (AvgIpc) is 2.46. The van der Waals surface area contributed by atoms with Gasteiger partial charge in [0.2, 0.25) is 0 Å². The normalized spacial score (nSPS) is 18.0. The van der Waals surface area contributed by atoms with Crippen molar-refractivity contribution in [3.8, 4) is 5.75 Å². The van der Waals surface area contributed by atoms with Gasteiger partial charge in [0.25, 0.3) is 0 Å². The molecular formula is C17H29N3O. The van der Waals surface area contributed by atoms with Crippen LogP contribution in [0.25, 0.3) is 0 Å². The summed E-state index contributed by atoms with van der Waals surface area (Å²) in [6.45, 7) is 12.8. The van der Waals surface area contributed by atoms with Crippen molar-refractivity contribution < 1.29 is 4.74 Å². The molecule has 1 aliphatic rings. The standard InChI is InChI=1S/C17H29N3O/c1-17(2,3)20-9-7-19(8-10-20)13-15-11-14(12-18)5-6-16(15)21-4/h5-6,11H,7-10,12-13,18H2,1-4H3.